The van der Waals surface area contributed by atoms with Crippen LogP contribution in [-0.4, -0.2) is 40.4 Å². The van der Waals surface area contributed by atoms with Gasteiger partial charge in [-0.2, -0.15) is 0 Å². The molecule has 1 unspecified atom stereocenters. The lowest BCUT2D eigenvalue weighted by molar-refractivity contribution is -0.110. The van der Waals surface area contributed by atoms with Crippen molar-refractivity contribution in [3.05, 3.63) is 23.8 Å². The molecule has 1 aromatic rings. The van der Waals surface area contributed by atoms with Crippen molar-refractivity contribution in [2.24, 2.45) is 0 Å². The number of nitrogens with zero attached hydrogens (tertiary/aromatic N) is 1. The van der Waals surface area contributed by atoms with Crippen molar-refractivity contribution in [2.75, 3.05) is 7.05 Å². The number of aromatic hydroxyl groups is 2. The normalized spacial score (nSPS) is 11.9. The van der Waals surface area contributed by atoms with E-state index in [-0.39, 0.29) is 17.1 Å². The molecule has 0 saturated carbocycles. The van der Waals surface area contributed by atoms with Crippen molar-refractivity contribution in [3.63, 3.8) is 0 Å². The second-order valence-corrected chi connectivity index (χ2v) is 3.50. The third-order valence-corrected chi connectivity index (χ3v) is 2.35. The van der Waals surface area contributed by atoms with Crippen molar-refractivity contribution < 1.29 is 19.8 Å². The standard InChI is InChI=1S/C11H13NO4/c1-7(6-13)12(2)11(16)8-3-4-9(14)10(15)5-8/h3-7,14-15H,1-2H3. The molecule has 0 heterocycles. The van der Waals surface area contributed by atoms with Crippen molar-refractivity contribution in [3.8, 4) is 11.5 Å². The van der Waals surface area contributed by atoms with Crippen molar-refractivity contribution in [2.45, 2.75) is 13.0 Å². The van der Waals surface area contributed by atoms with Crippen molar-refractivity contribution in [1.29, 1.82) is 0 Å². The van der Waals surface area contributed by atoms with Gasteiger partial charge in [-0.15, -0.1) is 0 Å². The highest BCUT2D eigenvalue weighted by molar-refractivity contribution is 5.96. The minimum Gasteiger partial charge on any atom is -0.504 e. The smallest absolute Gasteiger partial charge is 0.254 e. The van der Waals surface area contributed by atoms with Crippen LogP contribution in [0.15, 0.2) is 18.2 Å². The van der Waals surface area contributed by atoms with Gasteiger partial charge in [-0.05, 0) is 25.1 Å². The molecule has 5 heteroatoms. The summed E-state index contributed by atoms with van der Waals surface area (Å²) in [6.45, 7) is 1.59. The van der Waals surface area contributed by atoms with Crippen LogP contribution >= 0.6 is 0 Å². The highest BCUT2D eigenvalue weighted by atomic mass is 16.3. The van der Waals surface area contributed by atoms with Gasteiger partial charge in [-0.3, -0.25) is 4.79 Å². The van der Waals surface area contributed by atoms with E-state index in [4.69, 9.17) is 5.11 Å². The average Bonchev–Trinajstić information content (AvgIpc) is 2.29. The first kappa shape index (κ1) is 12.0. The summed E-state index contributed by atoms with van der Waals surface area (Å²) in [6, 6.07) is 3.22. The molecular weight excluding hydrogens is 210 g/mol. The number of aldehydes is 1. The van der Waals surface area contributed by atoms with E-state index in [1.165, 1.54) is 24.1 Å². The first-order valence-electron chi connectivity index (χ1n) is 4.71. The molecule has 1 rings (SSSR count). The van der Waals surface area contributed by atoms with E-state index in [0.29, 0.717) is 6.29 Å². The van der Waals surface area contributed by atoms with Crippen LogP contribution < -0.4 is 0 Å². The summed E-state index contributed by atoms with van der Waals surface area (Å²) < 4.78 is 0. The van der Waals surface area contributed by atoms with Gasteiger partial charge < -0.3 is 19.9 Å². The molecule has 0 aliphatic rings. The largest absolute Gasteiger partial charge is 0.504 e. The van der Waals surface area contributed by atoms with Gasteiger partial charge >= 0.3 is 0 Å². The SMILES string of the molecule is CC(C=O)N(C)C(=O)c1ccc(O)c(O)c1. The molecule has 0 bridgehead atoms. The Bertz CT molecular complexity index is 416. The van der Waals surface area contributed by atoms with Crippen LogP contribution in [0.2, 0.25) is 0 Å². The van der Waals surface area contributed by atoms with Crippen LogP contribution in [0.25, 0.3) is 0 Å². The molecule has 2 N–H and O–H groups in total. The molecule has 0 aliphatic heterocycles. The quantitative estimate of drug-likeness (QED) is 0.585. The Labute approximate surface area is 92.9 Å². The zero-order chi connectivity index (χ0) is 12.3. The monoisotopic (exact) mass is 223 g/mol. The van der Waals surface area contributed by atoms with E-state index in [1.807, 2.05) is 0 Å². The molecule has 0 aromatic heterocycles. The summed E-state index contributed by atoms with van der Waals surface area (Å²) >= 11 is 0. The molecule has 0 saturated heterocycles. The lowest BCUT2D eigenvalue weighted by atomic mass is 10.1. The van der Waals surface area contributed by atoms with E-state index < -0.39 is 11.9 Å². The summed E-state index contributed by atoms with van der Waals surface area (Å²) in [5.74, 6) is -1.05. The number of carbonyl (C=O) groups excluding carboxylic acids is 2. The Morgan fingerprint density at radius 1 is 1.38 bits per heavy atom. The molecule has 0 radical (unpaired) electrons. The fourth-order valence-corrected chi connectivity index (χ4v) is 1.14. The number of phenols is 2. The van der Waals surface area contributed by atoms with E-state index in [1.54, 1.807) is 6.92 Å². The van der Waals surface area contributed by atoms with E-state index in [2.05, 4.69) is 0 Å². The molecule has 0 aliphatic carbocycles. The third-order valence-electron chi connectivity index (χ3n) is 2.35. The first-order chi connectivity index (χ1) is 7.47. The maximum Gasteiger partial charge on any atom is 0.254 e. The highest BCUT2D eigenvalue weighted by Gasteiger charge is 2.17. The van der Waals surface area contributed by atoms with Gasteiger partial charge in [0.05, 0.1) is 6.04 Å². The van der Waals surface area contributed by atoms with Crippen LogP contribution in [0.4, 0.5) is 0 Å². The maximum absolute atomic E-state index is 11.8. The topological polar surface area (TPSA) is 77.8 Å². The van der Waals surface area contributed by atoms with Crippen molar-refractivity contribution >= 4 is 12.2 Å². The Hall–Kier alpha value is -2.04. The molecule has 5 nitrogen and oxygen atoms in total. The predicted molar refractivity (Wildman–Crippen MR) is 57.4 cm³/mol. The van der Waals surface area contributed by atoms with E-state index in [0.717, 1.165) is 6.07 Å². The minimum absolute atomic E-state index is 0.214. The van der Waals surface area contributed by atoms with Gasteiger partial charge in [-0.1, -0.05) is 0 Å². The van der Waals surface area contributed by atoms with E-state index >= 15 is 0 Å². The fourth-order valence-electron chi connectivity index (χ4n) is 1.14. The lowest BCUT2D eigenvalue weighted by Crippen LogP contribution is -2.35. The Kier molecular flexibility index (Phi) is 3.50. The third kappa shape index (κ3) is 2.31. The van der Waals surface area contributed by atoms with Crippen LogP contribution in [0, 0.1) is 0 Å². The molecular formula is C11H13NO4. The number of hydrogen-bond donors (Lipinski definition) is 2. The average molecular weight is 223 g/mol. The predicted octanol–water partition coefficient (Wildman–Crippen LogP) is 0.757. The van der Waals surface area contributed by atoms with Gasteiger partial charge in [0.15, 0.2) is 11.5 Å². The van der Waals surface area contributed by atoms with E-state index in [9.17, 15) is 14.7 Å². The molecule has 1 atom stereocenters. The molecule has 16 heavy (non-hydrogen) atoms. The van der Waals surface area contributed by atoms with Gasteiger partial charge in [0.25, 0.3) is 5.91 Å². The summed E-state index contributed by atoms with van der Waals surface area (Å²) in [5, 5.41) is 18.3. The van der Waals surface area contributed by atoms with Crippen LogP contribution in [0.1, 0.15) is 17.3 Å². The van der Waals surface area contributed by atoms with Crippen molar-refractivity contribution in [1.82, 2.24) is 4.90 Å². The lowest BCUT2D eigenvalue weighted by Gasteiger charge is -2.20. The van der Waals surface area contributed by atoms with Gasteiger partial charge in [0, 0.05) is 12.6 Å². The second-order valence-electron chi connectivity index (χ2n) is 3.50. The zero-order valence-electron chi connectivity index (χ0n) is 9.04. The van der Waals surface area contributed by atoms with Crippen LogP contribution in [-0.2, 0) is 4.79 Å². The number of rotatable bonds is 3. The van der Waals surface area contributed by atoms with Crippen LogP contribution in [0.3, 0.4) is 0 Å². The molecule has 1 aromatic carbocycles. The number of phenolic OH excluding ortho intramolecular Hbond substituents is 2. The Balaban J connectivity index is 2.96. The Morgan fingerprint density at radius 3 is 2.50 bits per heavy atom. The Morgan fingerprint density at radius 2 is 2.00 bits per heavy atom. The summed E-state index contributed by atoms with van der Waals surface area (Å²) in [6.07, 6.45) is 0.651. The zero-order valence-corrected chi connectivity index (χ0v) is 9.04. The van der Waals surface area contributed by atoms with Gasteiger partial charge in [-0.25, -0.2) is 0 Å². The first-order valence-corrected chi connectivity index (χ1v) is 4.71. The summed E-state index contributed by atoms with van der Waals surface area (Å²) in [5.41, 5.74) is 0.214. The number of likely N-dealkylation sites (N-methyl/N-ethyl adjacent to an activating group) is 1. The van der Waals surface area contributed by atoms with Gasteiger partial charge in [0.2, 0.25) is 0 Å². The summed E-state index contributed by atoms with van der Waals surface area (Å²) in [7, 11) is 1.49. The molecule has 0 fully saturated rings. The minimum atomic E-state index is -0.538. The number of carbonyl (C=O) groups is 2. The summed E-state index contributed by atoms with van der Waals surface area (Å²) in [4.78, 5) is 23.6. The number of benzene rings is 1. The second kappa shape index (κ2) is 4.65. The van der Waals surface area contributed by atoms with Crippen LogP contribution in [0.5, 0.6) is 11.5 Å². The number of hydrogen-bond acceptors (Lipinski definition) is 4. The fraction of sp³-hybridized carbons (Fsp3) is 0.273. The molecule has 1 amide bonds. The maximum atomic E-state index is 11.8. The number of amides is 1. The molecule has 0 spiro atoms. The van der Waals surface area contributed by atoms with Gasteiger partial charge in [0.1, 0.15) is 6.29 Å². The highest BCUT2D eigenvalue weighted by Crippen LogP contribution is 2.25. The molecule has 86 valence electrons.